The molecule has 2 rings (SSSR count). The Balaban J connectivity index is 0.00000288. The third-order valence-corrected chi connectivity index (χ3v) is 3.82. The molecule has 1 atom stereocenters. The van der Waals surface area contributed by atoms with E-state index in [1.165, 1.54) is 6.07 Å². The minimum Gasteiger partial charge on any atom is -0.352 e. The standard InChI is InChI=1S/C16H24FN5O.HI/c1-11(2)15(23)22-8-6-12(10-22)21-16(18-3)20-9-14-13(17)5-4-7-19-14;/h4-5,7,11-12H,6,8-10H2,1-3H3,(H2,18,20,21);1H. The van der Waals surface area contributed by atoms with E-state index >= 15 is 0 Å². The molecule has 2 heterocycles. The highest BCUT2D eigenvalue weighted by atomic mass is 127. The molecule has 134 valence electrons. The summed E-state index contributed by atoms with van der Waals surface area (Å²) in [5.74, 6) is 0.426. The number of nitrogens with one attached hydrogen (secondary N) is 2. The first-order valence-corrected chi connectivity index (χ1v) is 7.86. The van der Waals surface area contributed by atoms with E-state index in [2.05, 4.69) is 20.6 Å². The van der Waals surface area contributed by atoms with Crippen molar-refractivity contribution in [2.45, 2.75) is 32.9 Å². The number of hydrogen-bond donors (Lipinski definition) is 2. The largest absolute Gasteiger partial charge is 0.352 e. The normalized spacial score (nSPS) is 17.6. The van der Waals surface area contributed by atoms with Crippen molar-refractivity contribution in [2.75, 3.05) is 20.1 Å². The Hall–Kier alpha value is -1.45. The fraction of sp³-hybridized carbons (Fsp3) is 0.562. The number of pyridine rings is 1. The maximum Gasteiger partial charge on any atom is 0.225 e. The van der Waals surface area contributed by atoms with Gasteiger partial charge in [-0.05, 0) is 18.6 Å². The number of rotatable bonds is 4. The lowest BCUT2D eigenvalue weighted by Crippen LogP contribution is -2.45. The average Bonchev–Trinajstić information content (AvgIpc) is 3.00. The van der Waals surface area contributed by atoms with Crippen molar-refractivity contribution in [1.29, 1.82) is 0 Å². The van der Waals surface area contributed by atoms with Crippen LogP contribution in [0, 0.1) is 11.7 Å². The molecule has 1 aliphatic heterocycles. The molecule has 0 bridgehead atoms. The second-order valence-corrected chi connectivity index (χ2v) is 5.93. The van der Waals surface area contributed by atoms with Crippen molar-refractivity contribution in [3.05, 3.63) is 29.8 Å². The highest BCUT2D eigenvalue weighted by molar-refractivity contribution is 14.0. The van der Waals surface area contributed by atoms with Crippen LogP contribution in [0.25, 0.3) is 0 Å². The topological polar surface area (TPSA) is 69.6 Å². The Morgan fingerprint density at radius 3 is 2.92 bits per heavy atom. The SMILES string of the molecule is CN=C(NCc1ncccc1F)NC1CCN(C(=O)C(C)C)C1.I. The van der Waals surface area contributed by atoms with Gasteiger partial charge in [0.2, 0.25) is 5.91 Å². The Morgan fingerprint density at radius 1 is 1.54 bits per heavy atom. The molecule has 1 unspecified atom stereocenters. The van der Waals surface area contributed by atoms with Crippen LogP contribution in [0.1, 0.15) is 26.0 Å². The van der Waals surface area contributed by atoms with Crippen molar-refractivity contribution < 1.29 is 9.18 Å². The Bertz CT molecular complexity index is 581. The first-order valence-electron chi connectivity index (χ1n) is 7.86. The van der Waals surface area contributed by atoms with Gasteiger partial charge in [-0.1, -0.05) is 13.8 Å². The number of aromatic nitrogens is 1. The van der Waals surface area contributed by atoms with Crippen LogP contribution in [0.15, 0.2) is 23.3 Å². The quantitative estimate of drug-likeness (QED) is 0.418. The molecule has 1 amide bonds. The Labute approximate surface area is 159 Å². The zero-order valence-electron chi connectivity index (χ0n) is 14.3. The minimum atomic E-state index is -0.343. The molecule has 24 heavy (non-hydrogen) atoms. The highest BCUT2D eigenvalue weighted by Crippen LogP contribution is 2.12. The zero-order valence-corrected chi connectivity index (χ0v) is 16.6. The van der Waals surface area contributed by atoms with E-state index < -0.39 is 0 Å². The molecule has 1 aliphatic rings. The predicted molar refractivity (Wildman–Crippen MR) is 103 cm³/mol. The van der Waals surface area contributed by atoms with E-state index in [1.807, 2.05) is 18.7 Å². The monoisotopic (exact) mass is 449 g/mol. The van der Waals surface area contributed by atoms with E-state index in [-0.39, 0.29) is 54.2 Å². The van der Waals surface area contributed by atoms with Gasteiger partial charge in [0, 0.05) is 38.3 Å². The number of carbonyl (C=O) groups is 1. The molecular formula is C16H25FIN5O. The van der Waals surface area contributed by atoms with E-state index in [4.69, 9.17) is 0 Å². The summed E-state index contributed by atoms with van der Waals surface area (Å²) in [5, 5.41) is 6.33. The summed E-state index contributed by atoms with van der Waals surface area (Å²) in [7, 11) is 1.66. The molecule has 1 saturated heterocycles. The highest BCUT2D eigenvalue weighted by Gasteiger charge is 2.27. The lowest BCUT2D eigenvalue weighted by molar-refractivity contribution is -0.133. The molecule has 0 aliphatic carbocycles. The van der Waals surface area contributed by atoms with Crippen molar-refractivity contribution in [3.63, 3.8) is 0 Å². The van der Waals surface area contributed by atoms with Crippen LogP contribution in [0.5, 0.6) is 0 Å². The average molecular weight is 449 g/mol. The van der Waals surface area contributed by atoms with E-state index in [1.54, 1.807) is 19.3 Å². The molecule has 1 aromatic heterocycles. The lowest BCUT2D eigenvalue weighted by atomic mass is 10.2. The van der Waals surface area contributed by atoms with Crippen molar-refractivity contribution in [2.24, 2.45) is 10.9 Å². The fourth-order valence-electron chi connectivity index (χ4n) is 2.55. The van der Waals surface area contributed by atoms with Crippen LogP contribution in [0.3, 0.4) is 0 Å². The van der Waals surface area contributed by atoms with Crippen LogP contribution < -0.4 is 10.6 Å². The number of halogens is 2. The van der Waals surface area contributed by atoms with Crippen LogP contribution >= 0.6 is 24.0 Å². The number of likely N-dealkylation sites (tertiary alicyclic amines) is 1. The molecule has 2 N–H and O–H groups in total. The Morgan fingerprint density at radius 2 is 2.29 bits per heavy atom. The smallest absolute Gasteiger partial charge is 0.225 e. The minimum absolute atomic E-state index is 0. The van der Waals surface area contributed by atoms with Gasteiger partial charge in [0.15, 0.2) is 5.96 Å². The van der Waals surface area contributed by atoms with Crippen molar-refractivity contribution >= 4 is 35.8 Å². The number of guanidine groups is 1. The molecule has 6 nitrogen and oxygen atoms in total. The lowest BCUT2D eigenvalue weighted by Gasteiger charge is -2.20. The zero-order chi connectivity index (χ0) is 16.8. The van der Waals surface area contributed by atoms with Crippen LogP contribution in [-0.4, -0.2) is 47.9 Å². The second kappa shape index (κ2) is 9.75. The summed E-state index contributed by atoms with van der Waals surface area (Å²) in [4.78, 5) is 22.0. The molecular weight excluding hydrogens is 424 g/mol. The molecule has 8 heteroatoms. The van der Waals surface area contributed by atoms with E-state index in [0.717, 1.165) is 13.0 Å². The fourth-order valence-corrected chi connectivity index (χ4v) is 2.55. The van der Waals surface area contributed by atoms with Crippen molar-refractivity contribution in [3.8, 4) is 0 Å². The number of amides is 1. The van der Waals surface area contributed by atoms with Gasteiger partial charge in [0.1, 0.15) is 5.82 Å². The predicted octanol–water partition coefficient (Wildman–Crippen LogP) is 1.76. The van der Waals surface area contributed by atoms with Gasteiger partial charge in [-0.3, -0.25) is 14.8 Å². The maximum atomic E-state index is 13.6. The molecule has 1 fully saturated rings. The van der Waals surface area contributed by atoms with Crippen LogP contribution in [0.4, 0.5) is 4.39 Å². The molecule has 0 radical (unpaired) electrons. The van der Waals surface area contributed by atoms with Gasteiger partial charge in [0.25, 0.3) is 0 Å². The number of carbonyl (C=O) groups excluding carboxylic acids is 1. The molecule has 0 aromatic carbocycles. The summed E-state index contributed by atoms with van der Waals surface area (Å²) >= 11 is 0. The number of aliphatic imine (C=N–C) groups is 1. The van der Waals surface area contributed by atoms with E-state index in [0.29, 0.717) is 18.2 Å². The summed E-state index contributed by atoms with van der Waals surface area (Å²) in [6.45, 7) is 5.49. The van der Waals surface area contributed by atoms with Crippen molar-refractivity contribution in [1.82, 2.24) is 20.5 Å². The van der Waals surface area contributed by atoms with Crippen LogP contribution in [0.2, 0.25) is 0 Å². The second-order valence-electron chi connectivity index (χ2n) is 5.93. The molecule has 0 spiro atoms. The number of nitrogens with zero attached hydrogens (tertiary/aromatic N) is 3. The van der Waals surface area contributed by atoms with Gasteiger partial charge in [-0.2, -0.15) is 0 Å². The molecule has 0 saturated carbocycles. The summed E-state index contributed by atoms with van der Waals surface area (Å²) < 4.78 is 13.6. The number of hydrogen-bond acceptors (Lipinski definition) is 3. The van der Waals surface area contributed by atoms with Gasteiger partial charge >= 0.3 is 0 Å². The van der Waals surface area contributed by atoms with Gasteiger partial charge in [-0.15, -0.1) is 24.0 Å². The molecule has 1 aromatic rings. The third-order valence-electron chi connectivity index (χ3n) is 3.82. The van der Waals surface area contributed by atoms with Gasteiger partial charge < -0.3 is 15.5 Å². The first kappa shape index (κ1) is 20.6. The third kappa shape index (κ3) is 5.57. The maximum absolute atomic E-state index is 13.6. The summed E-state index contributed by atoms with van der Waals surface area (Å²) in [6.07, 6.45) is 2.43. The van der Waals surface area contributed by atoms with Gasteiger partial charge in [-0.25, -0.2) is 4.39 Å². The van der Waals surface area contributed by atoms with E-state index in [9.17, 15) is 9.18 Å². The summed E-state index contributed by atoms with van der Waals surface area (Å²) in [6, 6.07) is 3.09. The van der Waals surface area contributed by atoms with Gasteiger partial charge in [0.05, 0.1) is 12.2 Å². The first-order chi connectivity index (χ1) is 11.0. The summed E-state index contributed by atoms with van der Waals surface area (Å²) in [5.41, 5.74) is 0.346. The Kier molecular flexibility index (Phi) is 8.37. The van der Waals surface area contributed by atoms with Crippen LogP contribution in [-0.2, 0) is 11.3 Å².